The second-order valence-electron chi connectivity index (χ2n) is 7.12. The van der Waals surface area contributed by atoms with E-state index in [1.54, 1.807) is 48.5 Å². The van der Waals surface area contributed by atoms with Crippen molar-refractivity contribution in [3.63, 3.8) is 0 Å². The summed E-state index contributed by atoms with van der Waals surface area (Å²) in [6.07, 6.45) is 0. The molecule has 0 bridgehead atoms. The lowest BCUT2D eigenvalue weighted by molar-refractivity contribution is -0.119. The minimum absolute atomic E-state index is 0.123. The van der Waals surface area contributed by atoms with Crippen LogP contribution in [0, 0.1) is 6.92 Å². The van der Waals surface area contributed by atoms with Crippen molar-refractivity contribution in [3.8, 4) is 5.75 Å². The molecule has 0 unspecified atom stereocenters. The zero-order valence-corrected chi connectivity index (χ0v) is 20.3. The zero-order chi connectivity index (χ0) is 23.1. The van der Waals surface area contributed by atoms with Crippen LogP contribution in [0.4, 0.5) is 5.69 Å². The molecule has 3 aromatic carbocycles. The molecule has 32 heavy (non-hydrogen) atoms. The van der Waals surface area contributed by atoms with Crippen LogP contribution in [0.25, 0.3) is 0 Å². The Bertz CT molecular complexity index is 1180. The summed E-state index contributed by atoms with van der Waals surface area (Å²) < 4.78 is 34.3. The molecular formula is C24H25BrN2O4S. The number of hydrogen-bond donors (Lipinski definition) is 1. The number of benzene rings is 3. The Hall–Kier alpha value is -2.84. The molecule has 1 amide bonds. The van der Waals surface area contributed by atoms with Crippen molar-refractivity contribution < 1.29 is 17.9 Å². The highest BCUT2D eigenvalue weighted by atomic mass is 79.9. The van der Waals surface area contributed by atoms with E-state index >= 15 is 0 Å². The number of carbonyl (C=O) groups excluding carboxylic acids is 1. The summed E-state index contributed by atoms with van der Waals surface area (Å²) in [5, 5.41) is 2.81. The predicted molar refractivity (Wildman–Crippen MR) is 129 cm³/mol. The van der Waals surface area contributed by atoms with Crippen molar-refractivity contribution in [1.82, 2.24) is 5.32 Å². The van der Waals surface area contributed by atoms with Gasteiger partial charge in [-0.2, -0.15) is 0 Å². The molecule has 0 radical (unpaired) electrons. The summed E-state index contributed by atoms with van der Waals surface area (Å²) in [6, 6.07) is 20.8. The van der Waals surface area contributed by atoms with Gasteiger partial charge in [0.2, 0.25) is 5.91 Å². The molecule has 0 aliphatic carbocycles. The first-order valence-electron chi connectivity index (χ1n) is 10.1. The molecule has 0 aliphatic rings. The quantitative estimate of drug-likeness (QED) is 0.448. The average molecular weight is 517 g/mol. The number of sulfonamides is 1. The monoisotopic (exact) mass is 516 g/mol. The summed E-state index contributed by atoms with van der Waals surface area (Å²) in [4.78, 5) is 12.9. The van der Waals surface area contributed by atoms with E-state index in [4.69, 9.17) is 4.74 Å². The predicted octanol–water partition coefficient (Wildman–Crippen LogP) is 4.67. The number of para-hydroxylation sites is 1. The van der Waals surface area contributed by atoms with E-state index in [0.29, 0.717) is 22.5 Å². The fourth-order valence-electron chi connectivity index (χ4n) is 3.11. The standard InChI is InChI=1S/C24H25BrN2O4S/c1-3-31-23-10-5-4-7-19(23)16-26-24(28)17-27(21-9-6-8-20(25)15-21)32(29,30)22-13-11-18(2)12-14-22/h4-15H,3,16-17H2,1-2H3,(H,26,28). The number of halogens is 1. The number of rotatable bonds is 9. The van der Waals surface area contributed by atoms with Gasteiger partial charge in [-0.05, 0) is 50.2 Å². The van der Waals surface area contributed by atoms with Crippen LogP contribution < -0.4 is 14.4 Å². The number of nitrogens with zero attached hydrogens (tertiary/aromatic N) is 1. The van der Waals surface area contributed by atoms with Crippen LogP contribution in [-0.4, -0.2) is 27.5 Å². The Morgan fingerprint density at radius 2 is 1.75 bits per heavy atom. The van der Waals surface area contributed by atoms with E-state index in [-0.39, 0.29) is 18.0 Å². The third-order valence-corrected chi connectivity index (χ3v) is 7.02. The highest BCUT2D eigenvalue weighted by molar-refractivity contribution is 9.10. The maximum Gasteiger partial charge on any atom is 0.264 e. The third kappa shape index (κ3) is 5.89. The Balaban J connectivity index is 1.85. The summed E-state index contributed by atoms with van der Waals surface area (Å²) in [7, 11) is -3.96. The van der Waals surface area contributed by atoms with Crippen LogP contribution in [0.15, 0.2) is 82.2 Å². The number of aryl methyl sites for hydroxylation is 1. The Morgan fingerprint density at radius 1 is 1.03 bits per heavy atom. The number of nitrogens with one attached hydrogen (secondary N) is 1. The number of amides is 1. The molecule has 0 atom stereocenters. The molecule has 0 fully saturated rings. The Labute approximate surface area is 197 Å². The van der Waals surface area contributed by atoms with Gasteiger partial charge in [-0.25, -0.2) is 8.42 Å². The lowest BCUT2D eigenvalue weighted by Gasteiger charge is -2.24. The molecule has 3 aromatic rings. The lowest BCUT2D eigenvalue weighted by Crippen LogP contribution is -2.40. The van der Waals surface area contributed by atoms with Crippen LogP contribution >= 0.6 is 15.9 Å². The Morgan fingerprint density at radius 3 is 2.44 bits per heavy atom. The summed E-state index contributed by atoms with van der Waals surface area (Å²) in [6.45, 7) is 4.16. The molecule has 1 N–H and O–H groups in total. The smallest absolute Gasteiger partial charge is 0.264 e. The average Bonchev–Trinajstić information content (AvgIpc) is 2.77. The van der Waals surface area contributed by atoms with Gasteiger partial charge in [0.05, 0.1) is 17.2 Å². The number of anilines is 1. The van der Waals surface area contributed by atoms with Crippen molar-refractivity contribution >= 4 is 37.5 Å². The summed E-state index contributed by atoms with van der Waals surface area (Å²) >= 11 is 3.38. The van der Waals surface area contributed by atoms with Crippen LogP contribution in [0.2, 0.25) is 0 Å². The first-order chi connectivity index (χ1) is 15.3. The second kappa shape index (κ2) is 10.7. The van der Waals surface area contributed by atoms with Crippen LogP contribution in [-0.2, 0) is 21.4 Å². The lowest BCUT2D eigenvalue weighted by atomic mass is 10.2. The van der Waals surface area contributed by atoms with Gasteiger partial charge < -0.3 is 10.1 Å². The molecule has 168 valence electrons. The molecule has 0 saturated heterocycles. The Kier molecular flexibility index (Phi) is 7.93. The van der Waals surface area contributed by atoms with Crippen LogP contribution in [0.5, 0.6) is 5.75 Å². The number of carbonyl (C=O) groups is 1. The van der Waals surface area contributed by atoms with Gasteiger partial charge in [-0.15, -0.1) is 0 Å². The first kappa shape index (κ1) is 23.8. The minimum Gasteiger partial charge on any atom is -0.494 e. The van der Waals surface area contributed by atoms with Gasteiger partial charge in [0.1, 0.15) is 12.3 Å². The van der Waals surface area contributed by atoms with E-state index in [2.05, 4.69) is 21.2 Å². The second-order valence-corrected chi connectivity index (χ2v) is 9.90. The summed E-state index contributed by atoms with van der Waals surface area (Å²) in [5.74, 6) is 0.262. The minimum atomic E-state index is -3.96. The number of hydrogen-bond acceptors (Lipinski definition) is 4. The fraction of sp³-hybridized carbons (Fsp3) is 0.208. The van der Waals surface area contributed by atoms with Gasteiger partial charge in [0.25, 0.3) is 10.0 Å². The van der Waals surface area contributed by atoms with Gasteiger partial charge in [-0.1, -0.05) is 57.9 Å². The largest absolute Gasteiger partial charge is 0.494 e. The molecule has 3 rings (SSSR count). The summed E-state index contributed by atoms with van der Waals surface area (Å²) in [5.41, 5.74) is 2.16. The highest BCUT2D eigenvalue weighted by Crippen LogP contribution is 2.26. The number of ether oxygens (including phenoxy) is 1. The normalized spacial score (nSPS) is 11.1. The van der Waals surface area contributed by atoms with Gasteiger partial charge in [0.15, 0.2) is 0 Å². The van der Waals surface area contributed by atoms with Crippen molar-refractivity contribution in [2.45, 2.75) is 25.3 Å². The van der Waals surface area contributed by atoms with E-state index in [1.165, 1.54) is 0 Å². The van der Waals surface area contributed by atoms with Crippen LogP contribution in [0.1, 0.15) is 18.1 Å². The molecule has 6 nitrogen and oxygen atoms in total. The van der Waals surface area contributed by atoms with E-state index in [9.17, 15) is 13.2 Å². The molecule has 0 spiro atoms. The van der Waals surface area contributed by atoms with E-state index < -0.39 is 15.9 Å². The highest BCUT2D eigenvalue weighted by Gasteiger charge is 2.27. The molecule has 0 aromatic heterocycles. The van der Waals surface area contributed by atoms with Gasteiger partial charge in [0, 0.05) is 16.6 Å². The van der Waals surface area contributed by atoms with E-state index in [0.717, 1.165) is 15.4 Å². The third-order valence-electron chi connectivity index (χ3n) is 4.74. The van der Waals surface area contributed by atoms with Crippen LogP contribution in [0.3, 0.4) is 0 Å². The van der Waals surface area contributed by atoms with Gasteiger partial charge in [-0.3, -0.25) is 9.10 Å². The zero-order valence-electron chi connectivity index (χ0n) is 17.9. The fourth-order valence-corrected chi connectivity index (χ4v) is 4.91. The maximum absolute atomic E-state index is 13.4. The SMILES string of the molecule is CCOc1ccccc1CNC(=O)CN(c1cccc(Br)c1)S(=O)(=O)c1ccc(C)cc1. The maximum atomic E-state index is 13.4. The first-order valence-corrected chi connectivity index (χ1v) is 12.4. The topological polar surface area (TPSA) is 75.7 Å². The molecule has 0 heterocycles. The van der Waals surface area contributed by atoms with Crippen molar-refractivity contribution in [2.24, 2.45) is 0 Å². The van der Waals surface area contributed by atoms with E-state index in [1.807, 2.05) is 38.1 Å². The molecular weight excluding hydrogens is 492 g/mol. The van der Waals surface area contributed by atoms with Crippen molar-refractivity contribution in [2.75, 3.05) is 17.5 Å². The molecule has 0 saturated carbocycles. The van der Waals surface area contributed by atoms with Crippen molar-refractivity contribution in [3.05, 3.63) is 88.4 Å². The van der Waals surface area contributed by atoms with Gasteiger partial charge >= 0.3 is 0 Å². The molecule has 0 aliphatic heterocycles. The van der Waals surface area contributed by atoms with Crippen molar-refractivity contribution in [1.29, 1.82) is 0 Å². The molecule has 8 heteroatoms.